The number of anilines is 1. The smallest absolute Gasteiger partial charge is 0.257 e. The van der Waals surface area contributed by atoms with Crippen LogP contribution in [0.2, 0.25) is 5.15 Å². The van der Waals surface area contributed by atoms with Crippen molar-refractivity contribution < 1.29 is 4.79 Å². The van der Waals surface area contributed by atoms with Crippen LogP contribution in [-0.4, -0.2) is 28.9 Å². The van der Waals surface area contributed by atoms with Gasteiger partial charge in [-0.25, -0.2) is 4.98 Å². The molecule has 82 valence electrons. The lowest BCUT2D eigenvalue weighted by Gasteiger charge is -2.21. The van der Waals surface area contributed by atoms with E-state index in [9.17, 15) is 4.79 Å². The van der Waals surface area contributed by atoms with Crippen LogP contribution in [0.15, 0.2) is 12.3 Å². The molecule has 0 bridgehead atoms. The summed E-state index contributed by atoms with van der Waals surface area (Å²) < 4.78 is 0. The summed E-state index contributed by atoms with van der Waals surface area (Å²) in [7, 11) is 1.71. The quantitative estimate of drug-likeness (QED) is 0.784. The molecule has 0 aliphatic heterocycles. The second kappa shape index (κ2) is 4.49. The minimum absolute atomic E-state index is 0.106. The highest BCUT2D eigenvalue weighted by atomic mass is 35.5. The Morgan fingerprint density at radius 3 is 2.73 bits per heavy atom. The number of halogens is 1. The fourth-order valence-corrected chi connectivity index (χ4v) is 1.22. The van der Waals surface area contributed by atoms with Crippen LogP contribution in [0.1, 0.15) is 24.2 Å². The Kier molecular flexibility index (Phi) is 3.52. The number of carbonyl (C=O) groups is 1. The van der Waals surface area contributed by atoms with Crippen molar-refractivity contribution in [3.8, 4) is 0 Å². The highest BCUT2D eigenvalue weighted by Crippen LogP contribution is 2.17. The topological polar surface area (TPSA) is 59.2 Å². The molecule has 0 unspecified atom stereocenters. The molecule has 1 amide bonds. The zero-order valence-electron chi connectivity index (χ0n) is 8.99. The largest absolute Gasteiger partial charge is 0.397 e. The van der Waals surface area contributed by atoms with Gasteiger partial charge in [0, 0.05) is 13.1 Å². The predicted octanol–water partition coefficient (Wildman–Crippen LogP) is 1.80. The normalized spacial score (nSPS) is 10.5. The summed E-state index contributed by atoms with van der Waals surface area (Å²) in [6.07, 6.45) is 1.43. The lowest BCUT2D eigenvalue weighted by molar-refractivity contribution is 0.0755. The first kappa shape index (κ1) is 11.8. The van der Waals surface area contributed by atoms with Gasteiger partial charge in [0.15, 0.2) is 0 Å². The average molecular weight is 228 g/mol. The van der Waals surface area contributed by atoms with Crippen molar-refractivity contribution in [2.45, 2.75) is 19.9 Å². The molecule has 0 fully saturated rings. The highest BCUT2D eigenvalue weighted by Gasteiger charge is 2.18. The number of hydrogen-bond acceptors (Lipinski definition) is 3. The third-order valence-electron chi connectivity index (χ3n) is 2.19. The van der Waals surface area contributed by atoms with E-state index in [0.717, 1.165) is 0 Å². The number of nitrogens with two attached hydrogens (primary N) is 1. The summed E-state index contributed by atoms with van der Waals surface area (Å²) in [4.78, 5) is 17.3. The molecular weight excluding hydrogens is 214 g/mol. The molecule has 1 aromatic heterocycles. The van der Waals surface area contributed by atoms with E-state index in [1.54, 1.807) is 11.9 Å². The van der Waals surface area contributed by atoms with Crippen molar-refractivity contribution in [2.24, 2.45) is 0 Å². The number of hydrogen-bond donors (Lipinski definition) is 1. The van der Waals surface area contributed by atoms with Crippen LogP contribution >= 0.6 is 11.6 Å². The van der Waals surface area contributed by atoms with Crippen LogP contribution in [0, 0.1) is 0 Å². The summed E-state index contributed by atoms with van der Waals surface area (Å²) >= 11 is 5.83. The van der Waals surface area contributed by atoms with Crippen LogP contribution in [0.3, 0.4) is 0 Å². The van der Waals surface area contributed by atoms with Crippen LogP contribution < -0.4 is 5.73 Å². The molecule has 0 aromatic carbocycles. The van der Waals surface area contributed by atoms with Gasteiger partial charge in [-0.3, -0.25) is 4.79 Å². The third-order valence-corrected chi connectivity index (χ3v) is 2.49. The fraction of sp³-hybridized carbons (Fsp3) is 0.400. The van der Waals surface area contributed by atoms with Crippen molar-refractivity contribution in [1.29, 1.82) is 0 Å². The number of carbonyl (C=O) groups excluding carboxylic acids is 1. The standard InChI is InChI=1S/C10H14ClN3O/c1-6(2)14(3)10(15)8-4-7(12)5-13-9(8)11/h4-6H,12H2,1-3H3. The Morgan fingerprint density at radius 1 is 1.60 bits per heavy atom. The number of nitrogens with zero attached hydrogens (tertiary/aromatic N) is 2. The first-order valence-electron chi connectivity index (χ1n) is 4.61. The minimum atomic E-state index is -0.171. The Balaban J connectivity index is 3.05. The third kappa shape index (κ3) is 2.59. The molecule has 0 aliphatic rings. The summed E-state index contributed by atoms with van der Waals surface area (Å²) in [6, 6.07) is 1.64. The van der Waals surface area contributed by atoms with Crippen LogP contribution in [0.4, 0.5) is 5.69 Å². The molecule has 2 N–H and O–H groups in total. The minimum Gasteiger partial charge on any atom is -0.397 e. The van der Waals surface area contributed by atoms with Gasteiger partial charge in [0.1, 0.15) is 5.15 Å². The molecule has 0 spiro atoms. The Bertz CT molecular complexity index is 379. The van der Waals surface area contributed by atoms with Crippen molar-refractivity contribution >= 4 is 23.2 Å². The SMILES string of the molecule is CC(C)N(C)C(=O)c1cc(N)cnc1Cl. The maximum absolute atomic E-state index is 11.9. The van der Waals surface area contributed by atoms with Crippen molar-refractivity contribution in [3.05, 3.63) is 23.0 Å². The number of aromatic nitrogens is 1. The lowest BCUT2D eigenvalue weighted by atomic mass is 10.2. The average Bonchev–Trinajstić information content (AvgIpc) is 2.19. The van der Waals surface area contributed by atoms with Gasteiger partial charge in [-0.15, -0.1) is 0 Å². The van der Waals surface area contributed by atoms with Gasteiger partial charge in [-0.2, -0.15) is 0 Å². The molecule has 0 aliphatic carbocycles. The van der Waals surface area contributed by atoms with Crippen molar-refractivity contribution in [3.63, 3.8) is 0 Å². The van der Waals surface area contributed by atoms with Gasteiger partial charge in [-0.1, -0.05) is 11.6 Å². The van der Waals surface area contributed by atoms with Crippen LogP contribution in [-0.2, 0) is 0 Å². The maximum Gasteiger partial charge on any atom is 0.257 e. The number of amides is 1. The fourth-order valence-electron chi connectivity index (χ4n) is 1.04. The van der Waals surface area contributed by atoms with E-state index in [0.29, 0.717) is 11.3 Å². The first-order valence-corrected chi connectivity index (χ1v) is 4.99. The molecule has 0 radical (unpaired) electrons. The Hall–Kier alpha value is -1.29. The Labute approximate surface area is 94.0 Å². The second-order valence-corrected chi connectivity index (χ2v) is 3.97. The predicted molar refractivity (Wildman–Crippen MR) is 60.9 cm³/mol. The molecule has 5 heteroatoms. The van der Waals surface area contributed by atoms with Gasteiger partial charge >= 0.3 is 0 Å². The summed E-state index contributed by atoms with van der Waals surface area (Å²) in [5.41, 5.74) is 6.32. The molecule has 0 saturated carbocycles. The van der Waals surface area contributed by atoms with E-state index >= 15 is 0 Å². The maximum atomic E-state index is 11.9. The van der Waals surface area contributed by atoms with Crippen LogP contribution in [0.5, 0.6) is 0 Å². The van der Waals surface area contributed by atoms with E-state index in [2.05, 4.69) is 4.98 Å². The zero-order valence-corrected chi connectivity index (χ0v) is 9.75. The van der Waals surface area contributed by atoms with E-state index in [1.807, 2.05) is 13.8 Å². The van der Waals surface area contributed by atoms with Gasteiger partial charge in [-0.05, 0) is 19.9 Å². The number of nitrogen functional groups attached to an aromatic ring is 1. The molecule has 0 atom stereocenters. The second-order valence-electron chi connectivity index (χ2n) is 3.62. The van der Waals surface area contributed by atoms with E-state index in [-0.39, 0.29) is 17.1 Å². The van der Waals surface area contributed by atoms with Crippen molar-refractivity contribution in [2.75, 3.05) is 12.8 Å². The summed E-state index contributed by atoms with van der Waals surface area (Å²) in [5.74, 6) is -0.171. The van der Waals surface area contributed by atoms with Crippen molar-refractivity contribution in [1.82, 2.24) is 9.88 Å². The molecular formula is C10H14ClN3O. The molecule has 0 saturated heterocycles. The summed E-state index contributed by atoms with van der Waals surface area (Å²) in [5, 5.41) is 0.182. The molecule has 15 heavy (non-hydrogen) atoms. The van der Waals surface area contributed by atoms with E-state index < -0.39 is 0 Å². The lowest BCUT2D eigenvalue weighted by Crippen LogP contribution is -2.33. The zero-order chi connectivity index (χ0) is 11.6. The monoisotopic (exact) mass is 227 g/mol. The van der Waals surface area contributed by atoms with Gasteiger partial charge in [0.05, 0.1) is 17.4 Å². The highest BCUT2D eigenvalue weighted by molar-refractivity contribution is 6.32. The van der Waals surface area contributed by atoms with E-state index in [1.165, 1.54) is 12.3 Å². The molecule has 1 heterocycles. The molecule has 1 rings (SSSR count). The number of pyridine rings is 1. The summed E-state index contributed by atoms with van der Waals surface area (Å²) in [6.45, 7) is 3.84. The van der Waals surface area contributed by atoms with Gasteiger partial charge in [0.2, 0.25) is 0 Å². The first-order chi connectivity index (χ1) is 6.93. The van der Waals surface area contributed by atoms with E-state index in [4.69, 9.17) is 17.3 Å². The molecule has 4 nitrogen and oxygen atoms in total. The Morgan fingerprint density at radius 2 is 2.20 bits per heavy atom. The van der Waals surface area contributed by atoms with Crippen LogP contribution in [0.25, 0.3) is 0 Å². The van der Waals surface area contributed by atoms with Gasteiger partial charge < -0.3 is 10.6 Å². The van der Waals surface area contributed by atoms with Gasteiger partial charge in [0.25, 0.3) is 5.91 Å². The number of rotatable bonds is 2. The molecule has 1 aromatic rings.